The maximum Gasteiger partial charge on any atom is 0.169 e. The van der Waals surface area contributed by atoms with Crippen molar-refractivity contribution in [3.05, 3.63) is 35.6 Å². The van der Waals surface area contributed by atoms with Gasteiger partial charge >= 0.3 is 0 Å². The van der Waals surface area contributed by atoms with E-state index in [0.717, 1.165) is 11.6 Å². The molecule has 0 aliphatic heterocycles. The molecule has 0 radical (unpaired) electrons. The molecule has 3 heteroatoms. The Morgan fingerprint density at radius 3 is 2.43 bits per heavy atom. The van der Waals surface area contributed by atoms with Gasteiger partial charge in [0, 0.05) is 11.5 Å². The molecule has 1 nitrogen and oxygen atoms in total. The minimum absolute atomic E-state index is 0.119. The molecular weight excluding hydrogens is 186 g/mol. The maximum absolute atomic E-state index is 12.9. The van der Waals surface area contributed by atoms with Gasteiger partial charge in [-0.05, 0) is 18.6 Å². The molecule has 0 unspecified atom stereocenters. The summed E-state index contributed by atoms with van der Waals surface area (Å²) in [6.07, 6.45) is 1.41. The molecule has 0 bridgehead atoms. The number of fused-ring (bicyclic) bond motifs is 1. The van der Waals surface area contributed by atoms with Gasteiger partial charge in [-0.3, -0.25) is 0 Å². The second kappa shape index (κ2) is 4.22. The van der Waals surface area contributed by atoms with Crippen LogP contribution in [0.4, 0.5) is 8.78 Å². The maximum atomic E-state index is 12.9. The Bertz CT molecular complexity index is 432. The fourth-order valence-corrected chi connectivity index (χ4v) is 1.18. The van der Waals surface area contributed by atoms with Crippen LogP contribution in [-0.2, 0) is 0 Å². The Morgan fingerprint density at radius 2 is 1.79 bits per heavy atom. The van der Waals surface area contributed by atoms with Crippen molar-refractivity contribution in [1.82, 2.24) is 0 Å². The van der Waals surface area contributed by atoms with Crippen molar-refractivity contribution in [2.24, 2.45) is 0 Å². The van der Waals surface area contributed by atoms with Gasteiger partial charge in [0.15, 0.2) is 11.4 Å². The van der Waals surface area contributed by atoms with E-state index in [9.17, 15) is 8.78 Å². The van der Waals surface area contributed by atoms with Crippen LogP contribution in [0.2, 0.25) is 0 Å². The molecule has 2 rings (SSSR count). The smallest absolute Gasteiger partial charge is 0.169 e. The van der Waals surface area contributed by atoms with E-state index >= 15 is 0 Å². The highest BCUT2D eigenvalue weighted by Crippen LogP contribution is 2.23. The van der Waals surface area contributed by atoms with Crippen LogP contribution in [0.3, 0.4) is 0 Å². The molecule has 1 aromatic heterocycles. The lowest BCUT2D eigenvalue weighted by atomic mass is 10.2. The minimum Gasteiger partial charge on any atom is -0.461 e. The number of halogens is 2. The van der Waals surface area contributed by atoms with Crippen LogP contribution in [-0.4, -0.2) is 0 Å². The average molecular weight is 198 g/mol. The highest BCUT2D eigenvalue weighted by molar-refractivity contribution is 5.81. The Kier molecular flexibility index (Phi) is 3.23. The standard InChI is InChI=1S/C9H6F2O.C2H6/c1-5-4-12-9-7(5)2-6(10)3-8(9)11;1-2/h2-4H,1H3;1-2H3. The molecule has 0 aliphatic rings. The summed E-state index contributed by atoms with van der Waals surface area (Å²) in [4.78, 5) is 0. The molecule has 1 aromatic carbocycles. The number of hydrogen-bond donors (Lipinski definition) is 0. The van der Waals surface area contributed by atoms with Crippen LogP contribution >= 0.6 is 0 Å². The van der Waals surface area contributed by atoms with Gasteiger partial charge in [-0.1, -0.05) is 13.8 Å². The normalized spacial score (nSPS) is 9.79. The van der Waals surface area contributed by atoms with Crippen LogP contribution in [0.25, 0.3) is 11.0 Å². The van der Waals surface area contributed by atoms with Gasteiger partial charge in [-0.25, -0.2) is 8.78 Å². The van der Waals surface area contributed by atoms with Crippen molar-refractivity contribution in [3.8, 4) is 0 Å². The van der Waals surface area contributed by atoms with E-state index in [1.807, 2.05) is 13.8 Å². The van der Waals surface area contributed by atoms with Gasteiger partial charge < -0.3 is 4.42 Å². The molecule has 0 N–H and O–H groups in total. The van der Waals surface area contributed by atoms with Gasteiger partial charge in [0.25, 0.3) is 0 Å². The van der Waals surface area contributed by atoms with Crippen LogP contribution < -0.4 is 0 Å². The summed E-state index contributed by atoms with van der Waals surface area (Å²) in [6.45, 7) is 5.74. The topological polar surface area (TPSA) is 13.1 Å². The first-order valence-electron chi connectivity index (χ1n) is 4.51. The van der Waals surface area contributed by atoms with E-state index in [4.69, 9.17) is 4.42 Å². The molecular formula is C11H12F2O. The highest BCUT2D eigenvalue weighted by atomic mass is 19.1. The molecule has 0 aliphatic carbocycles. The van der Waals surface area contributed by atoms with E-state index in [0.29, 0.717) is 5.39 Å². The molecule has 0 fully saturated rings. The SMILES string of the molecule is CC.Cc1coc2c(F)cc(F)cc12. The summed E-state index contributed by atoms with van der Waals surface area (Å²) in [7, 11) is 0. The number of benzene rings is 1. The van der Waals surface area contributed by atoms with Crippen molar-refractivity contribution in [1.29, 1.82) is 0 Å². The van der Waals surface area contributed by atoms with Gasteiger partial charge in [0.1, 0.15) is 5.82 Å². The molecule has 0 saturated carbocycles. The van der Waals surface area contributed by atoms with Crippen LogP contribution in [0, 0.1) is 18.6 Å². The zero-order valence-corrected chi connectivity index (χ0v) is 8.40. The van der Waals surface area contributed by atoms with Gasteiger partial charge in [0.2, 0.25) is 0 Å². The lowest BCUT2D eigenvalue weighted by molar-refractivity contribution is 0.546. The third kappa shape index (κ3) is 1.76. The largest absolute Gasteiger partial charge is 0.461 e. The third-order valence-electron chi connectivity index (χ3n) is 1.79. The van der Waals surface area contributed by atoms with Crippen molar-refractivity contribution >= 4 is 11.0 Å². The molecule has 0 atom stereocenters. The number of hydrogen-bond acceptors (Lipinski definition) is 1. The fourth-order valence-electron chi connectivity index (χ4n) is 1.18. The van der Waals surface area contributed by atoms with Gasteiger partial charge in [-0.15, -0.1) is 0 Å². The zero-order valence-electron chi connectivity index (χ0n) is 8.40. The Labute approximate surface area is 81.3 Å². The first kappa shape index (κ1) is 10.7. The fraction of sp³-hybridized carbons (Fsp3) is 0.273. The van der Waals surface area contributed by atoms with Crippen molar-refractivity contribution < 1.29 is 13.2 Å². The summed E-state index contributed by atoms with van der Waals surface area (Å²) in [5, 5.41) is 0.493. The van der Waals surface area contributed by atoms with E-state index in [-0.39, 0.29) is 5.58 Å². The predicted molar refractivity (Wildman–Crippen MR) is 52.2 cm³/mol. The second-order valence-corrected chi connectivity index (χ2v) is 2.68. The molecule has 14 heavy (non-hydrogen) atoms. The summed E-state index contributed by atoms with van der Waals surface area (Å²) >= 11 is 0. The van der Waals surface area contributed by atoms with E-state index in [2.05, 4.69) is 0 Å². The van der Waals surface area contributed by atoms with E-state index in [1.165, 1.54) is 12.3 Å². The summed E-state index contributed by atoms with van der Waals surface area (Å²) in [6, 6.07) is 2.07. The van der Waals surface area contributed by atoms with E-state index in [1.54, 1.807) is 6.92 Å². The molecule has 0 amide bonds. The lowest BCUT2D eigenvalue weighted by Gasteiger charge is -1.92. The van der Waals surface area contributed by atoms with Crippen molar-refractivity contribution in [2.75, 3.05) is 0 Å². The lowest BCUT2D eigenvalue weighted by Crippen LogP contribution is -1.79. The van der Waals surface area contributed by atoms with Gasteiger partial charge in [0.05, 0.1) is 6.26 Å². The molecule has 1 heterocycles. The Balaban J connectivity index is 0.000000461. The van der Waals surface area contributed by atoms with Crippen LogP contribution in [0.1, 0.15) is 19.4 Å². The predicted octanol–water partition coefficient (Wildman–Crippen LogP) is 4.05. The first-order valence-corrected chi connectivity index (χ1v) is 4.51. The van der Waals surface area contributed by atoms with Gasteiger partial charge in [-0.2, -0.15) is 0 Å². The summed E-state index contributed by atoms with van der Waals surface area (Å²) < 4.78 is 30.5. The average Bonchev–Trinajstić information content (AvgIpc) is 2.52. The van der Waals surface area contributed by atoms with Crippen LogP contribution in [0.5, 0.6) is 0 Å². The monoisotopic (exact) mass is 198 g/mol. The molecule has 0 spiro atoms. The molecule has 76 valence electrons. The summed E-state index contributed by atoms with van der Waals surface area (Å²) in [5.41, 5.74) is 0.859. The van der Waals surface area contributed by atoms with Crippen molar-refractivity contribution in [2.45, 2.75) is 20.8 Å². The Morgan fingerprint density at radius 1 is 1.14 bits per heavy atom. The zero-order chi connectivity index (χ0) is 10.7. The quantitative estimate of drug-likeness (QED) is 0.622. The van der Waals surface area contributed by atoms with Crippen molar-refractivity contribution in [3.63, 3.8) is 0 Å². The summed E-state index contributed by atoms with van der Waals surface area (Å²) in [5.74, 6) is -1.23. The van der Waals surface area contributed by atoms with Crippen LogP contribution in [0.15, 0.2) is 22.8 Å². The molecule has 2 aromatic rings. The molecule has 0 saturated heterocycles. The minimum atomic E-state index is -0.655. The third-order valence-corrected chi connectivity index (χ3v) is 1.79. The number of rotatable bonds is 0. The first-order chi connectivity index (χ1) is 6.68. The number of aryl methyl sites for hydroxylation is 1. The highest BCUT2D eigenvalue weighted by Gasteiger charge is 2.08. The van der Waals surface area contributed by atoms with E-state index < -0.39 is 11.6 Å². The second-order valence-electron chi connectivity index (χ2n) is 2.68. The number of furan rings is 1. The Hall–Kier alpha value is -1.38.